The second-order valence-electron chi connectivity index (χ2n) is 8.66. The SMILES string of the molecule is CCOC(=O)C1CCN(c2cccc(Sc3ccc(/C=C/C(=O)N4CCSCC4)c(Cl)c3Cl)c2)CC1. The Morgan fingerprint density at radius 1 is 1.08 bits per heavy atom. The van der Waals surface area contributed by atoms with Crippen molar-refractivity contribution in [3.05, 3.63) is 58.1 Å². The van der Waals surface area contributed by atoms with Gasteiger partial charge < -0.3 is 14.5 Å². The van der Waals surface area contributed by atoms with E-state index in [9.17, 15) is 9.59 Å². The molecule has 5 nitrogen and oxygen atoms in total. The van der Waals surface area contributed by atoms with Crippen molar-refractivity contribution < 1.29 is 14.3 Å². The van der Waals surface area contributed by atoms with Crippen molar-refractivity contribution in [2.75, 3.05) is 49.2 Å². The molecule has 2 fully saturated rings. The molecule has 192 valence electrons. The first kappa shape index (κ1) is 27.2. The number of hydrogen-bond acceptors (Lipinski definition) is 6. The largest absolute Gasteiger partial charge is 0.466 e. The van der Waals surface area contributed by atoms with Gasteiger partial charge in [-0.3, -0.25) is 9.59 Å². The summed E-state index contributed by atoms with van der Waals surface area (Å²) < 4.78 is 5.18. The molecule has 0 unspecified atom stereocenters. The molecular weight excluding hydrogens is 535 g/mol. The first-order valence-electron chi connectivity index (χ1n) is 12.2. The molecule has 0 aromatic heterocycles. The average molecular weight is 566 g/mol. The lowest BCUT2D eigenvalue weighted by molar-refractivity contribution is -0.148. The van der Waals surface area contributed by atoms with Gasteiger partial charge in [0.15, 0.2) is 0 Å². The summed E-state index contributed by atoms with van der Waals surface area (Å²) in [5, 5.41) is 0.920. The number of halogens is 2. The van der Waals surface area contributed by atoms with Crippen molar-refractivity contribution in [3.63, 3.8) is 0 Å². The number of esters is 1. The molecule has 0 N–H and O–H groups in total. The van der Waals surface area contributed by atoms with Crippen LogP contribution >= 0.6 is 46.7 Å². The molecule has 0 atom stereocenters. The van der Waals surface area contributed by atoms with Crippen LogP contribution in [0.4, 0.5) is 5.69 Å². The highest BCUT2D eigenvalue weighted by Crippen LogP contribution is 2.40. The van der Waals surface area contributed by atoms with E-state index >= 15 is 0 Å². The van der Waals surface area contributed by atoms with Crippen LogP contribution in [-0.2, 0) is 14.3 Å². The van der Waals surface area contributed by atoms with Crippen LogP contribution in [-0.4, -0.2) is 61.1 Å². The van der Waals surface area contributed by atoms with Gasteiger partial charge in [-0.15, -0.1) is 0 Å². The van der Waals surface area contributed by atoms with Gasteiger partial charge in [0.1, 0.15) is 0 Å². The number of carbonyl (C=O) groups is 2. The number of hydrogen-bond donors (Lipinski definition) is 0. The predicted molar refractivity (Wildman–Crippen MR) is 152 cm³/mol. The zero-order chi connectivity index (χ0) is 25.5. The van der Waals surface area contributed by atoms with E-state index in [0.29, 0.717) is 16.7 Å². The summed E-state index contributed by atoms with van der Waals surface area (Å²) in [7, 11) is 0. The van der Waals surface area contributed by atoms with Crippen LogP contribution in [0.1, 0.15) is 25.3 Å². The molecule has 0 aliphatic carbocycles. The Labute approximate surface area is 231 Å². The molecule has 0 radical (unpaired) electrons. The van der Waals surface area contributed by atoms with Gasteiger partial charge in [0.2, 0.25) is 5.91 Å². The molecule has 0 bridgehead atoms. The minimum atomic E-state index is -0.0822. The Morgan fingerprint density at radius 3 is 2.56 bits per heavy atom. The van der Waals surface area contributed by atoms with Gasteiger partial charge in [0.25, 0.3) is 0 Å². The normalized spacial score (nSPS) is 17.0. The van der Waals surface area contributed by atoms with Crippen molar-refractivity contribution in [1.29, 1.82) is 0 Å². The highest BCUT2D eigenvalue weighted by molar-refractivity contribution is 7.99. The lowest BCUT2D eigenvalue weighted by Gasteiger charge is -2.32. The quantitative estimate of drug-likeness (QED) is 0.282. The third-order valence-corrected chi connectivity index (χ3v) is 9.33. The van der Waals surface area contributed by atoms with Crippen LogP contribution in [0, 0.1) is 5.92 Å². The summed E-state index contributed by atoms with van der Waals surface area (Å²) in [5.74, 6) is 1.86. The van der Waals surface area contributed by atoms with Crippen LogP contribution in [0.15, 0.2) is 52.3 Å². The van der Waals surface area contributed by atoms with Gasteiger partial charge in [-0.05, 0) is 55.7 Å². The monoisotopic (exact) mass is 564 g/mol. The fourth-order valence-corrected chi connectivity index (χ4v) is 6.69. The highest BCUT2D eigenvalue weighted by Gasteiger charge is 2.26. The first-order chi connectivity index (χ1) is 17.5. The zero-order valence-electron chi connectivity index (χ0n) is 20.3. The summed E-state index contributed by atoms with van der Waals surface area (Å²) >= 11 is 16.6. The molecule has 2 aliphatic heterocycles. The van der Waals surface area contributed by atoms with Gasteiger partial charge >= 0.3 is 5.97 Å². The fourth-order valence-electron chi connectivity index (χ4n) is 4.31. The maximum Gasteiger partial charge on any atom is 0.309 e. The number of amides is 1. The van der Waals surface area contributed by atoms with Crippen molar-refractivity contribution >= 4 is 70.4 Å². The van der Waals surface area contributed by atoms with Gasteiger partial charge in [-0.25, -0.2) is 0 Å². The average Bonchev–Trinajstić information content (AvgIpc) is 2.91. The molecule has 0 saturated carbocycles. The van der Waals surface area contributed by atoms with Crippen molar-refractivity contribution in [1.82, 2.24) is 4.90 Å². The first-order valence-corrected chi connectivity index (χ1v) is 14.9. The summed E-state index contributed by atoms with van der Waals surface area (Å²) in [6.45, 7) is 5.47. The lowest BCUT2D eigenvalue weighted by Crippen LogP contribution is -2.36. The van der Waals surface area contributed by atoms with E-state index < -0.39 is 0 Å². The molecule has 1 amide bonds. The molecule has 36 heavy (non-hydrogen) atoms. The number of carbonyl (C=O) groups excluding carboxylic acids is 2. The standard InChI is InChI=1S/C27H30Cl2N2O3S2/c1-2-34-27(33)20-10-12-30(13-11-20)21-4-3-5-22(18-21)36-23-8-6-19(25(28)26(23)29)7-9-24(32)31-14-16-35-17-15-31/h3-9,18,20H,2,10-17H2,1H3/b9-7+. The number of piperidine rings is 1. The van der Waals surface area contributed by atoms with Gasteiger partial charge in [0, 0.05) is 59.2 Å². The van der Waals surface area contributed by atoms with Crippen LogP contribution in [0.2, 0.25) is 10.0 Å². The smallest absolute Gasteiger partial charge is 0.309 e. The summed E-state index contributed by atoms with van der Waals surface area (Å²) in [6, 6.07) is 12.2. The summed E-state index contributed by atoms with van der Waals surface area (Å²) in [4.78, 5) is 30.6. The van der Waals surface area contributed by atoms with Crippen molar-refractivity contribution in [2.24, 2.45) is 5.92 Å². The summed E-state index contributed by atoms with van der Waals surface area (Å²) in [6.07, 6.45) is 4.92. The van der Waals surface area contributed by atoms with E-state index in [1.807, 2.05) is 47.9 Å². The van der Waals surface area contributed by atoms with Crippen LogP contribution < -0.4 is 4.90 Å². The highest BCUT2D eigenvalue weighted by atomic mass is 35.5. The predicted octanol–water partition coefficient (Wildman–Crippen LogP) is 6.51. The third kappa shape index (κ3) is 6.94. The van der Waals surface area contributed by atoms with E-state index in [1.165, 1.54) is 0 Å². The molecule has 0 spiro atoms. The zero-order valence-corrected chi connectivity index (χ0v) is 23.4. The molecule has 2 saturated heterocycles. The number of rotatable bonds is 7. The Balaban J connectivity index is 1.40. The Morgan fingerprint density at radius 2 is 1.83 bits per heavy atom. The topological polar surface area (TPSA) is 49.9 Å². The van der Waals surface area contributed by atoms with E-state index in [2.05, 4.69) is 17.0 Å². The number of nitrogens with zero attached hydrogens (tertiary/aromatic N) is 2. The van der Waals surface area contributed by atoms with Gasteiger partial charge in [-0.2, -0.15) is 11.8 Å². The third-order valence-electron chi connectivity index (χ3n) is 6.33. The lowest BCUT2D eigenvalue weighted by atomic mass is 9.96. The van der Waals surface area contributed by atoms with Crippen LogP contribution in [0.25, 0.3) is 6.08 Å². The number of benzene rings is 2. The van der Waals surface area contributed by atoms with E-state index in [4.69, 9.17) is 27.9 Å². The molecule has 2 aromatic carbocycles. The van der Waals surface area contributed by atoms with Crippen molar-refractivity contribution in [2.45, 2.75) is 29.6 Å². The van der Waals surface area contributed by atoms with Gasteiger partial charge in [-0.1, -0.05) is 47.1 Å². The van der Waals surface area contributed by atoms with E-state index in [1.54, 1.807) is 23.9 Å². The fraction of sp³-hybridized carbons (Fsp3) is 0.407. The maximum absolute atomic E-state index is 12.4. The second kappa shape index (κ2) is 13.1. The minimum Gasteiger partial charge on any atom is -0.466 e. The van der Waals surface area contributed by atoms with Crippen LogP contribution in [0.3, 0.4) is 0 Å². The molecule has 2 heterocycles. The second-order valence-corrected chi connectivity index (χ2v) is 11.8. The molecule has 2 aromatic rings. The molecular formula is C27H30Cl2N2O3S2. The number of anilines is 1. The summed E-state index contributed by atoms with van der Waals surface area (Å²) in [5.41, 5.74) is 1.85. The van der Waals surface area contributed by atoms with E-state index in [-0.39, 0.29) is 17.8 Å². The number of ether oxygens (including phenoxy) is 1. The van der Waals surface area contributed by atoms with Gasteiger partial charge in [0.05, 0.1) is 22.6 Å². The minimum absolute atomic E-state index is 0.00375. The molecule has 2 aliphatic rings. The van der Waals surface area contributed by atoms with Crippen molar-refractivity contribution in [3.8, 4) is 0 Å². The molecule has 4 rings (SSSR count). The maximum atomic E-state index is 12.4. The molecule has 9 heteroatoms. The Hall–Kier alpha value is -1.80. The van der Waals surface area contributed by atoms with E-state index in [0.717, 1.165) is 71.6 Å². The Kier molecular flexibility index (Phi) is 9.94. The van der Waals surface area contributed by atoms with Crippen LogP contribution in [0.5, 0.6) is 0 Å². The number of thioether (sulfide) groups is 1. The Bertz CT molecular complexity index is 1110.